The third-order valence-corrected chi connectivity index (χ3v) is 5.70. The van der Waals surface area contributed by atoms with Gasteiger partial charge in [-0.3, -0.25) is 10.0 Å². The van der Waals surface area contributed by atoms with E-state index >= 15 is 0 Å². The largest absolute Gasteiger partial charge is 0.457 e. The maximum absolute atomic E-state index is 12.7. The number of hydrogen-bond acceptors (Lipinski definition) is 5. The first kappa shape index (κ1) is 18.4. The summed E-state index contributed by atoms with van der Waals surface area (Å²) < 4.78 is 33.5. The summed E-state index contributed by atoms with van der Waals surface area (Å²) in [7, 11) is -3.95. The Morgan fingerprint density at radius 2 is 1.81 bits per heavy atom. The number of sulfonamides is 1. The average molecular weight is 376 g/mol. The van der Waals surface area contributed by atoms with E-state index < -0.39 is 22.0 Å². The number of nitrogens with one attached hydrogen (secondary N) is 2. The van der Waals surface area contributed by atoms with Gasteiger partial charge in [0.2, 0.25) is 10.0 Å². The fourth-order valence-corrected chi connectivity index (χ4v) is 4.23. The van der Waals surface area contributed by atoms with Gasteiger partial charge >= 0.3 is 0 Å². The molecular weight excluding hydrogens is 356 g/mol. The lowest BCUT2D eigenvalue weighted by Gasteiger charge is -2.22. The quantitative estimate of drug-likeness (QED) is 0.468. The van der Waals surface area contributed by atoms with Crippen LogP contribution in [0, 0.1) is 5.92 Å². The van der Waals surface area contributed by atoms with Gasteiger partial charge in [-0.15, -0.1) is 0 Å². The smallest absolute Gasteiger partial charge is 0.261 e. The Morgan fingerprint density at radius 1 is 1.12 bits per heavy atom. The van der Waals surface area contributed by atoms with Gasteiger partial charge in [-0.25, -0.2) is 13.9 Å². The van der Waals surface area contributed by atoms with E-state index in [2.05, 4.69) is 4.72 Å². The maximum Gasteiger partial charge on any atom is 0.261 e. The first-order valence-corrected chi connectivity index (χ1v) is 9.65. The molecule has 1 aliphatic rings. The summed E-state index contributed by atoms with van der Waals surface area (Å²) in [4.78, 5) is 11.8. The van der Waals surface area contributed by atoms with E-state index in [4.69, 9.17) is 9.94 Å². The van der Waals surface area contributed by atoms with Crippen molar-refractivity contribution < 1.29 is 23.2 Å². The molecule has 1 atom stereocenters. The lowest BCUT2D eigenvalue weighted by Crippen LogP contribution is -2.48. The molecule has 1 amide bonds. The highest BCUT2D eigenvalue weighted by Crippen LogP contribution is 2.37. The standard InChI is InChI=1S/C18H20N2O5S/c1-11(2)17(18(21)19-22)20-26(23,24)14-7-8-16-13(10-14)9-12-5-3-4-6-15(12)25-16/h3-8,10-11,17,20,22H,9H2,1-2H3,(H,19,21)/t17-/m0/s1. The monoisotopic (exact) mass is 376 g/mol. The summed E-state index contributed by atoms with van der Waals surface area (Å²) in [5.41, 5.74) is 3.22. The predicted octanol–water partition coefficient (Wildman–Crippen LogP) is 2.19. The van der Waals surface area contributed by atoms with Crippen LogP contribution in [0.15, 0.2) is 47.4 Å². The molecule has 0 saturated heterocycles. The van der Waals surface area contributed by atoms with E-state index in [-0.39, 0.29) is 10.8 Å². The Bertz CT molecular complexity index is 940. The van der Waals surface area contributed by atoms with Gasteiger partial charge in [0, 0.05) is 12.0 Å². The number of amides is 1. The normalized spacial score (nSPS) is 14.2. The van der Waals surface area contributed by atoms with E-state index in [0.717, 1.165) is 16.9 Å². The van der Waals surface area contributed by atoms with Crippen LogP contribution in [0.5, 0.6) is 11.5 Å². The third kappa shape index (κ3) is 3.57. The van der Waals surface area contributed by atoms with Gasteiger partial charge in [-0.1, -0.05) is 32.0 Å². The maximum atomic E-state index is 12.7. The van der Waals surface area contributed by atoms with E-state index in [1.54, 1.807) is 26.0 Å². The van der Waals surface area contributed by atoms with Gasteiger partial charge in [0.05, 0.1) is 4.90 Å². The van der Waals surface area contributed by atoms with Crippen molar-refractivity contribution in [2.75, 3.05) is 0 Å². The minimum Gasteiger partial charge on any atom is -0.457 e. The van der Waals surface area contributed by atoms with Crippen molar-refractivity contribution in [2.24, 2.45) is 5.92 Å². The second-order valence-corrected chi connectivity index (χ2v) is 8.19. The lowest BCUT2D eigenvalue weighted by atomic mass is 10.0. The molecule has 3 rings (SSSR count). The Morgan fingerprint density at radius 3 is 2.50 bits per heavy atom. The van der Waals surface area contributed by atoms with Crippen molar-refractivity contribution in [2.45, 2.75) is 31.2 Å². The van der Waals surface area contributed by atoms with E-state index in [0.29, 0.717) is 12.2 Å². The Hall–Kier alpha value is -2.42. The predicted molar refractivity (Wildman–Crippen MR) is 94.6 cm³/mol. The summed E-state index contributed by atoms with van der Waals surface area (Å²) >= 11 is 0. The highest BCUT2D eigenvalue weighted by molar-refractivity contribution is 7.89. The minimum atomic E-state index is -3.95. The number of hydrogen-bond donors (Lipinski definition) is 3. The highest BCUT2D eigenvalue weighted by atomic mass is 32.2. The molecule has 0 spiro atoms. The zero-order valence-corrected chi connectivity index (χ0v) is 15.2. The summed E-state index contributed by atoms with van der Waals surface area (Å²) in [5.74, 6) is 0.216. The van der Waals surface area contributed by atoms with Crippen LogP contribution in [0.4, 0.5) is 0 Å². The van der Waals surface area contributed by atoms with Crippen LogP contribution >= 0.6 is 0 Å². The molecule has 0 aliphatic carbocycles. The molecule has 26 heavy (non-hydrogen) atoms. The van der Waals surface area contributed by atoms with Gasteiger partial charge < -0.3 is 4.74 Å². The number of ether oxygens (including phenoxy) is 1. The van der Waals surface area contributed by atoms with Crippen LogP contribution in [0.2, 0.25) is 0 Å². The second-order valence-electron chi connectivity index (χ2n) is 6.48. The summed E-state index contributed by atoms with van der Waals surface area (Å²) in [5, 5.41) is 8.82. The van der Waals surface area contributed by atoms with Crippen molar-refractivity contribution in [3.63, 3.8) is 0 Å². The number of hydroxylamine groups is 1. The van der Waals surface area contributed by atoms with Crippen LogP contribution in [0.3, 0.4) is 0 Å². The third-order valence-electron chi connectivity index (χ3n) is 4.26. The van der Waals surface area contributed by atoms with Crippen molar-refractivity contribution in [1.29, 1.82) is 0 Å². The lowest BCUT2D eigenvalue weighted by molar-refractivity contribution is -0.131. The number of para-hydroxylation sites is 1. The van der Waals surface area contributed by atoms with E-state index in [1.165, 1.54) is 11.5 Å². The Labute approximate surface area is 152 Å². The topological polar surface area (TPSA) is 105 Å². The summed E-state index contributed by atoms with van der Waals surface area (Å²) in [6.45, 7) is 3.36. The zero-order valence-electron chi connectivity index (χ0n) is 14.4. The molecule has 2 aromatic carbocycles. The van der Waals surface area contributed by atoms with Gasteiger partial charge in [0.25, 0.3) is 5.91 Å². The molecule has 0 radical (unpaired) electrons. The van der Waals surface area contributed by atoms with Crippen molar-refractivity contribution in [1.82, 2.24) is 10.2 Å². The summed E-state index contributed by atoms with van der Waals surface area (Å²) in [6, 6.07) is 11.1. The first-order chi connectivity index (χ1) is 12.3. The summed E-state index contributed by atoms with van der Waals surface area (Å²) in [6.07, 6.45) is 0.555. The molecule has 1 aliphatic heterocycles. The first-order valence-electron chi connectivity index (χ1n) is 8.17. The van der Waals surface area contributed by atoms with Crippen LogP contribution in [0.1, 0.15) is 25.0 Å². The number of carbonyl (C=O) groups excluding carboxylic acids is 1. The molecule has 0 unspecified atom stereocenters. The molecule has 3 N–H and O–H groups in total. The van der Waals surface area contributed by atoms with Crippen molar-refractivity contribution in [3.8, 4) is 11.5 Å². The van der Waals surface area contributed by atoms with Crippen LogP contribution < -0.4 is 14.9 Å². The highest BCUT2D eigenvalue weighted by Gasteiger charge is 2.29. The van der Waals surface area contributed by atoms with Gasteiger partial charge in [0.1, 0.15) is 17.5 Å². The molecule has 8 heteroatoms. The van der Waals surface area contributed by atoms with Gasteiger partial charge in [-0.2, -0.15) is 4.72 Å². The molecule has 0 saturated carbocycles. The minimum absolute atomic E-state index is 0.0376. The molecule has 0 aromatic heterocycles. The molecule has 7 nitrogen and oxygen atoms in total. The number of carbonyl (C=O) groups is 1. The van der Waals surface area contributed by atoms with Crippen molar-refractivity contribution >= 4 is 15.9 Å². The van der Waals surface area contributed by atoms with Crippen molar-refractivity contribution in [3.05, 3.63) is 53.6 Å². The van der Waals surface area contributed by atoms with Gasteiger partial charge in [-0.05, 0) is 35.7 Å². The number of fused-ring (bicyclic) bond motifs is 2. The molecular formula is C18H20N2O5S. The second kappa shape index (κ2) is 7.06. The SMILES string of the molecule is CC(C)[C@H](NS(=O)(=O)c1ccc2c(c1)Cc1ccccc1O2)C(=O)NO. The number of benzene rings is 2. The fourth-order valence-electron chi connectivity index (χ4n) is 2.83. The Kier molecular flexibility index (Phi) is 4.99. The van der Waals surface area contributed by atoms with Crippen LogP contribution in [-0.4, -0.2) is 25.6 Å². The van der Waals surface area contributed by atoms with Crippen LogP contribution in [-0.2, 0) is 21.2 Å². The molecule has 0 bridgehead atoms. The molecule has 2 aromatic rings. The fraction of sp³-hybridized carbons (Fsp3) is 0.278. The van der Waals surface area contributed by atoms with Gasteiger partial charge in [0.15, 0.2) is 0 Å². The molecule has 0 fully saturated rings. The van der Waals surface area contributed by atoms with E-state index in [9.17, 15) is 13.2 Å². The molecule has 1 heterocycles. The average Bonchev–Trinajstić information content (AvgIpc) is 2.63. The zero-order chi connectivity index (χ0) is 18.9. The molecule has 138 valence electrons. The number of rotatable bonds is 5. The van der Waals surface area contributed by atoms with E-state index in [1.807, 2.05) is 24.3 Å². The Balaban J connectivity index is 1.89. The van der Waals surface area contributed by atoms with Crippen LogP contribution in [0.25, 0.3) is 0 Å².